The largest absolute Gasteiger partial charge is 0.373 e. The first-order chi connectivity index (χ1) is 10.3. The van der Waals surface area contributed by atoms with Crippen LogP contribution in [-0.4, -0.2) is 59.4 Å². The summed E-state index contributed by atoms with van der Waals surface area (Å²) in [5, 5.41) is 11.6. The first-order valence-electron chi connectivity index (χ1n) is 7.37. The van der Waals surface area contributed by atoms with E-state index in [9.17, 15) is 4.79 Å². The topological polar surface area (TPSA) is 70.2 Å². The second-order valence-electron chi connectivity index (χ2n) is 5.62. The van der Waals surface area contributed by atoms with Gasteiger partial charge in [-0.25, -0.2) is 0 Å². The van der Waals surface area contributed by atoms with E-state index < -0.39 is 0 Å². The van der Waals surface area contributed by atoms with E-state index in [0.29, 0.717) is 19.6 Å². The first-order valence-corrected chi connectivity index (χ1v) is 7.37. The van der Waals surface area contributed by atoms with Crippen LogP contribution in [0.3, 0.4) is 0 Å². The van der Waals surface area contributed by atoms with Crippen molar-refractivity contribution >= 4 is 16.8 Å². The number of hydrogen-bond donors (Lipinski definition) is 2. The molecule has 2 aliphatic rings. The SMILES string of the molecule is O=C(Cc1[nH]nc2ccccc12)N1CCO[C@H]2CNC[C@H]21. The summed E-state index contributed by atoms with van der Waals surface area (Å²) < 4.78 is 5.71. The van der Waals surface area contributed by atoms with Gasteiger partial charge in [-0.2, -0.15) is 5.10 Å². The Labute approximate surface area is 122 Å². The maximum absolute atomic E-state index is 12.6. The van der Waals surface area contributed by atoms with E-state index in [1.165, 1.54) is 0 Å². The van der Waals surface area contributed by atoms with Gasteiger partial charge in [0.15, 0.2) is 0 Å². The molecule has 2 saturated heterocycles. The van der Waals surface area contributed by atoms with Crippen molar-refractivity contribution in [1.29, 1.82) is 0 Å². The van der Waals surface area contributed by atoms with Crippen molar-refractivity contribution in [1.82, 2.24) is 20.4 Å². The highest BCUT2D eigenvalue weighted by atomic mass is 16.5. The van der Waals surface area contributed by atoms with Crippen LogP contribution >= 0.6 is 0 Å². The molecule has 2 fully saturated rings. The normalized spacial score (nSPS) is 25.2. The van der Waals surface area contributed by atoms with Gasteiger partial charge in [0.2, 0.25) is 5.91 Å². The van der Waals surface area contributed by atoms with Crippen molar-refractivity contribution in [3.05, 3.63) is 30.0 Å². The average molecular weight is 286 g/mol. The first kappa shape index (κ1) is 12.8. The molecule has 2 aliphatic heterocycles. The number of nitrogens with zero attached hydrogens (tertiary/aromatic N) is 2. The fraction of sp³-hybridized carbons (Fsp3) is 0.467. The van der Waals surface area contributed by atoms with E-state index in [0.717, 1.165) is 29.7 Å². The smallest absolute Gasteiger partial charge is 0.229 e. The van der Waals surface area contributed by atoms with Crippen LogP contribution in [-0.2, 0) is 16.0 Å². The van der Waals surface area contributed by atoms with Gasteiger partial charge in [-0.15, -0.1) is 0 Å². The number of ether oxygens (including phenoxy) is 1. The number of hydrogen-bond acceptors (Lipinski definition) is 4. The second-order valence-corrected chi connectivity index (χ2v) is 5.62. The highest BCUT2D eigenvalue weighted by Crippen LogP contribution is 2.20. The number of fused-ring (bicyclic) bond motifs is 2. The van der Waals surface area contributed by atoms with Crippen LogP contribution in [0.15, 0.2) is 24.3 Å². The van der Waals surface area contributed by atoms with Crippen molar-refractivity contribution in [3.63, 3.8) is 0 Å². The van der Waals surface area contributed by atoms with Gasteiger partial charge in [-0.1, -0.05) is 18.2 Å². The van der Waals surface area contributed by atoms with Crippen LogP contribution in [0.2, 0.25) is 0 Å². The molecular weight excluding hydrogens is 268 g/mol. The second kappa shape index (κ2) is 5.13. The molecule has 0 aliphatic carbocycles. The van der Waals surface area contributed by atoms with Crippen molar-refractivity contribution in [3.8, 4) is 0 Å². The molecule has 0 bridgehead atoms. The van der Waals surface area contributed by atoms with Crippen LogP contribution in [0.25, 0.3) is 10.9 Å². The fourth-order valence-corrected chi connectivity index (χ4v) is 3.30. The summed E-state index contributed by atoms with van der Waals surface area (Å²) >= 11 is 0. The summed E-state index contributed by atoms with van der Waals surface area (Å²) in [7, 11) is 0. The molecule has 2 aromatic rings. The fourth-order valence-electron chi connectivity index (χ4n) is 3.30. The number of benzene rings is 1. The third-order valence-corrected chi connectivity index (χ3v) is 4.38. The van der Waals surface area contributed by atoms with Crippen LogP contribution in [0.4, 0.5) is 0 Å². The van der Waals surface area contributed by atoms with Crippen molar-refractivity contribution in [2.45, 2.75) is 18.6 Å². The van der Waals surface area contributed by atoms with Crippen molar-refractivity contribution in [2.24, 2.45) is 0 Å². The zero-order chi connectivity index (χ0) is 14.2. The molecule has 0 radical (unpaired) electrons. The summed E-state index contributed by atoms with van der Waals surface area (Å²) in [5.74, 6) is 0.145. The van der Waals surface area contributed by atoms with E-state index in [-0.39, 0.29) is 18.1 Å². The Morgan fingerprint density at radius 1 is 1.38 bits per heavy atom. The summed E-state index contributed by atoms with van der Waals surface area (Å²) in [6.45, 7) is 2.95. The minimum absolute atomic E-state index is 0.140. The Kier molecular flexibility index (Phi) is 3.12. The van der Waals surface area contributed by atoms with Crippen LogP contribution in [0.5, 0.6) is 0 Å². The lowest BCUT2D eigenvalue weighted by Crippen LogP contribution is -2.53. The van der Waals surface area contributed by atoms with Crippen molar-refractivity contribution < 1.29 is 9.53 Å². The lowest BCUT2D eigenvalue weighted by molar-refractivity contribution is -0.142. The molecule has 0 spiro atoms. The van der Waals surface area contributed by atoms with Crippen molar-refractivity contribution in [2.75, 3.05) is 26.2 Å². The third kappa shape index (κ3) is 2.20. The Bertz CT molecular complexity index is 668. The van der Waals surface area contributed by atoms with Gasteiger partial charge in [0.1, 0.15) is 0 Å². The molecule has 0 unspecified atom stereocenters. The zero-order valence-corrected chi connectivity index (χ0v) is 11.7. The van der Waals surface area contributed by atoms with Gasteiger partial charge in [-0.3, -0.25) is 9.89 Å². The third-order valence-electron chi connectivity index (χ3n) is 4.38. The molecule has 6 heteroatoms. The number of carbonyl (C=O) groups excluding carboxylic acids is 1. The van der Waals surface area contributed by atoms with E-state index in [2.05, 4.69) is 15.5 Å². The quantitative estimate of drug-likeness (QED) is 0.833. The van der Waals surface area contributed by atoms with Gasteiger partial charge < -0.3 is 15.0 Å². The number of rotatable bonds is 2. The predicted octanol–water partition coefficient (Wildman–Crippen LogP) is 0.305. The van der Waals surface area contributed by atoms with E-state index in [4.69, 9.17) is 4.74 Å². The maximum atomic E-state index is 12.6. The molecule has 3 heterocycles. The highest BCUT2D eigenvalue weighted by molar-refractivity contribution is 5.87. The lowest BCUT2D eigenvalue weighted by Gasteiger charge is -2.37. The molecule has 1 amide bonds. The minimum Gasteiger partial charge on any atom is -0.373 e. The van der Waals surface area contributed by atoms with Gasteiger partial charge >= 0.3 is 0 Å². The Hall–Kier alpha value is -1.92. The number of H-pyrrole nitrogens is 1. The monoisotopic (exact) mass is 286 g/mol. The number of morpholine rings is 1. The number of aromatic nitrogens is 2. The number of para-hydroxylation sites is 1. The summed E-state index contributed by atoms with van der Waals surface area (Å²) in [5.41, 5.74) is 1.80. The van der Waals surface area contributed by atoms with E-state index >= 15 is 0 Å². The van der Waals surface area contributed by atoms with Gasteiger partial charge in [0, 0.05) is 25.0 Å². The minimum atomic E-state index is 0.140. The molecule has 21 heavy (non-hydrogen) atoms. The maximum Gasteiger partial charge on any atom is 0.229 e. The predicted molar refractivity (Wildman–Crippen MR) is 77.9 cm³/mol. The lowest BCUT2D eigenvalue weighted by atomic mass is 10.1. The molecule has 4 rings (SSSR count). The van der Waals surface area contributed by atoms with Crippen LogP contribution in [0, 0.1) is 0 Å². The molecule has 1 aromatic heterocycles. The Morgan fingerprint density at radius 2 is 2.29 bits per heavy atom. The summed E-state index contributed by atoms with van der Waals surface area (Å²) in [6.07, 6.45) is 0.505. The average Bonchev–Trinajstić information content (AvgIpc) is 3.14. The van der Waals surface area contributed by atoms with E-state index in [1.54, 1.807) is 0 Å². The molecular formula is C15H18N4O2. The summed E-state index contributed by atoms with van der Waals surface area (Å²) in [6, 6.07) is 8.04. The number of aromatic amines is 1. The standard InChI is InChI=1S/C15H18N4O2/c20-15(19-5-6-21-14-9-16-8-13(14)19)7-12-10-3-1-2-4-11(10)17-18-12/h1-4,13-14,16H,5-9H2,(H,17,18)/t13-,14+/m1/s1. The Balaban J connectivity index is 1.55. The van der Waals surface area contributed by atoms with Gasteiger partial charge in [0.25, 0.3) is 0 Å². The molecule has 1 aromatic carbocycles. The number of carbonyl (C=O) groups is 1. The zero-order valence-electron chi connectivity index (χ0n) is 11.7. The van der Waals surface area contributed by atoms with Crippen LogP contribution in [0.1, 0.15) is 5.69 Å². The molecule has 2 atom stereocenters. The molecule has 6 nitrogen and oxygen atoms in total. The Morgan fingerprint density at radius 3 is 3.24 bits per heavy atom. The van der Waals surface area contributed by atoms with Gasteiger partial charge in [0.05, 0.1) is 36.4 Å². The van der Waals surface area contributed by atoms with Gasteiger partial charge in [-0.05, 0) is 6.07 Å². The van der Waals surface area contributed by atoms with E-state index in [1.807, 2.05) is 29.2 Å². The molecule has 2 N–H and O–H groups in total. The number of nitrogens with one attached hydrogen (secondary N) is 2. The summed E-state index contributed by atoms with van der Waals surface area (Å²) in [4.78, 5) is 14.6. The molecule has 110 valence electrons. The molecule has 0 saturated carbocycles. The number of amides is 1. The highest BCUT2D eigenvalue weighted by Gasteiger charge is 2.38. The van der Waals surface area contributed by atoms with Crippen LogP contribution < -0.4 is 5.32 Å².